The fourth-order valence-electron chi connectivity index (χ4n) is 1.14. The molecule has 9 heteroatoms. The van der Waals surface area contributed by atoms with Gasteiger partial charge in [0.15, 0.2) is 0 Å². The van der Waals surface area contributed by atoms with E-state index in [1.165, 1.54) is 25.3 Å². The number of pyridine rings is 1. The van der Waals surface area contributed by atoms with Gasteiger partial charge in [0.05, 0.1) is 11.9 Å². The smallest absolute Gasteiger partial charge is 0.333 e. The molecule has 2 N–H and O–H groups in total. The van der Waals surface area contributed by atoms with Crippen molar-refractivity contribution in [3.05, 3.63) is 29.6 Å². The second-order valence-electron chi connectivity index (χ2n) is 3.25. The maximum atomic E-state index is 11.6. The van der Waals surface area contributed by atoms with Crippen LogP contribution in [-0.2, 0) is 19.8 Å². The molecule has 0 amide bonds. The van der Waals surface area contributed by atoms with E-state index < -0.39 is 21.5 Å². The molecule has 0 radical (unpaired) electrons. The molecule has 0 aliphatic carbocycles. The van der Waals surface area contributed by atoms with Crippen LogP contribution in [0.2, 0.25) is 0 Å². The highest BCUT2D eigenvalue weighted by Gasteiger charge is 2.22. The quantitative estimate of drug-likeness (QED) is 0.765. The molecule has 1 aromatic rings. The predicted octanol–water partition coefficient (Wildman–Crippen LogP) is 1.50. The Labute approximate surface area is 105 Å². The number of rotatable bonds is 6. The first-order chi connectivity index (χ1) is 8.39. The lowest BCUT2D eigenvalue weighted by molar-refractivity contribution is 0.105. The number of carbonyl (C=O) groups excluding carboxylic acids is 1. The van der Waals surface area contributed by atoms with E-state index in [1.807, 2.05) is 0 Å². The van der Waals surface area contributed by atoms with Gasteiger partial charge in [-0.05, 0) is 12.1 Å². The van der Waals surface area contributed by atoms with Gasteiger partial charge in [0.25, 0.3) is 5.52 Å². The maximum absolute atomic E-state index is 11.6. The molecule has 0 aromatic carbocycles. The van der Waals surface area contributed by atoms with Crippen LogP contribution in [0, 0.1) is 0 Å². The largest absolute Gasteiger partial charge is 0.344 e. The van der Waals surface area contributed by atoms with Crippen molar-refractivity contribution in [1.82, 2.24) is 4.98 Å². The molecule has 1 aromatic heterocycles. The summed E-state index contributed by atoms with van der Waals surface area (Å²) >= 11 is 0. The number of nitrogens with zero attached hydrogens (tertiary/aromatic N) is 1. The first-order valence-electron chi connectivity index (χ1n) is 4.80. The molecule has 1 rings (SSSR count). The van der Waals surface area contributed by atoms with Crippen LogP contribution < -0.4 is 0 Å². The second-order valence-corrected chi connectivity index (χ2v) is 6.53. The first kappa shape index (κ1) is 15.4. The monoisotopic (exact) mass is 293 g/mol. The van der Waals surface area contributed by atoms with Crippen molar-refractivity contribution in [3.8, 4) is 0 Å². The van der Waals surface area contributed by atoms with Gasteiger partial charge in [0.1, 0.15) is 5.69 Å². The molecule has 2 unspecified atom stereocenters. The Hall–Kier alpha value is -0.680. The van der Waals surface area contributed by atoms with Crippen LogP contribution in [0.3, 0.4) is 0 Å². The summed E-state index contributed by atoms with van der Waals surface area (Å²) in [4.78, 5) is 34.1. The van der Waals surface area contributed by atoms with Crippen LogP contribution in [0.1, 0.15) is 16.2 Å². The number of hydrogen-bond donors (Lipinski definition) is 2. The lowest BCUT2D eigenvalue weighted by atomic mass is 10.3. The third-order valence-electron chi connectivity index (χ3n) is 2.02. The average molecular weight is 293 g/mol. The Kier molecular flexibility index (Phi) is 5.53. The summed E-state index contributed by atoms with van der Waals surface area (Å²) in [7, 11) is -3.64. The molecule has 0 saturated heterocycles. The minimum absolute atomic E-state index is 0.0148. The van der Waals surface area contributed by atoms with E-state index in [0.29, 0.717) is 0 Å². The highest BCUT2D eigenvalue weighted by Crippen LogP contribution is 2.44. The van der Waals surface area contributed by atoms with Crippen molar-refractivity contribution in [2.24, 2.45) is 0 Å². The maximum Gasteiger partial charge on any atom is 0.333 e. The zero-order valence-electron chi connectivity index (χ0n) is 9.81. The van der Waals surface area contributed by atoms with Crippen molar-refractivity contribution < 1.29 is 28.2 Å². The van der Waals surface area contributed by atoms with Crippen molar-refractivity contribution in [1.29, 1.82) is 0 Å². The molecular formula is C9H13NO6P2. The molecule has 0 bridgehead atoms. The zero-order chi connectivity index (χ0) is 13.8. The van der Waals surface area contributed by atoms with Crippen LogP contribution >= 0.6 is 16.0 Å². The molecule has 0 spiro atoms. The fourth-order valence-corrected chi connectivity index (χ4v) is 2.34. The summed E-state index contributed by atoms with van der Waals surface area (Å²) in [6.07, 6.45) is -0.305. The summed E-state index contributed by atoms with van der Waals surface area (Å²) in [6, 6.07) is 4.39. The summed E-state index contributed by atoms with van der Waals surface area (Å²) in [5, 5.41) is 0. The van der Waals surface area contributed by atoms with Gasteiger partial charge in [0, 0.05) is 14.2 Å². The van der Waals surface area contributed by atoms with Gasteiger partial charge in [-0.25, -0.2) is 4.98 Å². The Morgan fingerprint density at radius 2 is 2.17 bits per heavy atom. The third kappa shape index (κ3) is 4.21. The first-order valence-corrected chi connectivity index (χ1v) is 7.78. The van der Waals surface area contributed by atoms with Gasteiger partial charge in [-0.3, -0.25) is 9.36 Å². The standard InChI is InChI=1S/C9H13NO6P2/c1-15-17(12)9(11)8-5-3-4-7(10-8)6-18(13,14)16-2/h3-5,12H,6H2,1-2H3,(H,13,14). The fraction of sp³-hybridized carbons (Fsp3) is 0.333. The molecule has 100 valence electrons. The lowest BCUT2D eigenvalue weighted by Crippen LogP contribution is -2.04. The minimum Gasteiger partial charge on any atom is -0.344 e. The SMILES string of the molecule is COP(O)C(=O)c1cccc(CP(=O)(O)OC)n1. The van der Waals surface area contributed by atoms with Gasteiger partial charge in [0.2, 0.25) is 8.38 Å². The number of hydrogen-bond acceptors (Lipinski definition) is 6. The second kappa shape index (κ2) is 6.48. The van der Waals surface area contributed by atoms with Crippen LogP contribution in [0.25, 0.3) is 0 Å². The van der Waals surface area contributed by atoms with Crippen LogP contribution in [-0.4, -0.2) is 34.5 Å². The van der Waals surface area contributed by atoms with Gasteiger partial charge >= 0.3 is 7.60 Å². The molecule has 18 heavy (non-hydrogen) atoms. The van der Waals surface area contributed by atoms with Crippen LogP contribution in [0.15, 0.2) is 18.2 Å². The summed E-state index contributed by atoms with van der Waals surface area (Å²) in [5.74, 6) is 0. The summed E-state index contributed by atoms with van der Waals surface area (Å²) in [6.45, 7) is 0. The van der Waals surface area contributed by atoms with E-state index in [9.17, 15) is 19.1 Å². The van der Waals surface area contributed by atoms with Crippen molar-refractivity contribution in [3.63, 3.8) is 0 Å². The van der Waals surface area contributed by atoms with E-state index >= 15 is 0 Å². The van der Waals surface area contributed by atoms with E-state index in [1.54, 1.807) is 0 Å². The zero-order valence-corrected chi connectivity index (χ0v) is 11.6. The molecule has 0 aliphatic rings. The van der Waals surface area contributed by atoms with Gasteiger partial charge in [-0.15, -0.1) is 0 Å². The van der Waals surface area contributed by atoms with Crippen LogP contribution in [0.4, 0.5) is 0 Å². The molecular weight excluding hydrogens is 280 g/mol. The van der Waals surface area contributed by atoms with Crippen molar-refractivity contribution in [2.45, 2.75) is 6.16 Å². The highest BCUT2D eigenvalue weighted by molar-refractivity contribution is 7.66. The van der Waals surface area contributed by atoms with E-state index in [2.05, 4.69) is 14.0 Å². The predicted molar refractivity (Wildman–Crippen MR) is 65.3 cm³/mol. The highest BCUT2D eigenvalue weighted by atomic mass is 31.2. The van der Waals surface area contributed by atoms with Crippen molar-refractivity contribution in [2.75, 3.05) is 14.2 Å². The average Bonchev–Trinajstić information content (AvgIpc) is 2.36. The topological polar surface area (TPSA) is 106 Å². The lowest BCUT2D eigenvalue weighted by Gasteiger charge is -2.09. The Bertz CT molecular complexity index is 480. The van der Waals surface area contributed by atoms with Gasteiger partial charge < -0.3 is 18.8 Å². The molecule has 0 aliphatic heterocycles. The van der Waals surface area contributed by atoms with Crippen molar-refractivity contribution >= 4 is 21.5 Å². The van der Waals surface area contributed by atoms with Gasteiger partial charge in [-0.1, -0.05) is 6.07 Å². The molecule has 1 heterocycles. The molecule has 0 saturated carbocycles. The summed E-state index contributed by atoms with van der Waals surface area (Å²) < 4.78 is 20.3. The Balaban J connectivity index is 2.93. The van der Waals surface area contributed by atoms with Gasteiger partial charge in [-0.2, -0.15) is 0 Å². The molecule has 0 fully saturated rings. The summed E-state index contributed by atoms with van der Waals surface area (Å²) in [5.41, 5.74) is -0.438. The molecule has 7 nitrogen and oxygen atoms in total. The minimum atomic E-state index is -3.74. The number of carbonyl (C=O) groups is 1. The number of aromatic nitrogens is 1. The normalized spacial score (nSPS) is 16.0. The van der Waals surface area contributed by atoms with E-state index in [4.69, 9.17) is 0 Å². The van der Waals surface area contributed by atoms with E-state index in [-0.39, 0.29) is 17.5 Å². The Morgan fingerprint density at radius 1 is 1.50 bits per heavy atom. The van der Waals surface area contributed by atoms with Crippen LogP contribution in [0.5, 0.6) is 0 Å². The third-order valence-corrected chi connectivity index (χ3v) is 4.24. The Morgan fingerprint density at radius 3 is 2.72 bits per heavy atom. The van der Waals surface area contributed by atoms with E-state index in [0.717, 1.165) is 7.11 Å². The molecule has 2 atom stereocenters.